The van der Waals surface area contributed by atoms with Crippen LogP contribution in [0.2, 0.25) is 0 Å². The van der Waals surface area contributed by atoms with Crippen LogP contribution in [-0.4, -0.2) is 5.26 Å². The van der Waals surface area contributed by atoms with E-state index in [1.54, 1.807) is 0 Å². The van der Waals surface area contributed by atoms with Crippen LogP contribution in [0.1, 0.15) is 50.7 Å². The van der Waals surface area contributed by atoms with Crippen molar-refractivity contribution in [1.82, 2.24) is 0 Å². The van der Waals surface area contributed by atoms with Crippen molar-refractivity contribution in [3.8, 4) is 5.75 Å². The molecule has 0 amide bonds. The Morgan fingerprint density at radius 1 is 1.00 bits per heavy atom. The summed E-state index contributed by atoms with van der Waals surface area (Å²) < 4.78 is 0. The van der Waals surface area contributed by atoms with Crippen molar-refractivity contribution in [1.29, 1.82) is 0 Å². The van der Waals surface area contributed by atoms with Gasteiger partial charge < -0.3 is 4.89 Å². The number of hydrogen-bond acceptors (Lipinski definition) is 2. The van der Waals surface area contributed by atoms with Crippen molar-refractivity contribution in [2.24, 2.45) is 0 Å². The first-order valence-electron chi connectivity index (χ1n) is 5.02. The Bertz CT molecular complexity index is 277. The first-order valence-corrected chi connectivity index (χ1v) is 5.02. The molecule has 1 N–H and O–H groups in total. The van der Waals surface area contributed by atoms with Crippen LogP contribution in [0.3, 0.4) is 0 Å². The molecule has 2 heteroatoms. The summed E-state index contributed by atoms with van der Waals surface area (Å²) >= 11 is 0. The normalized spacial score (nSPS) is 11.1. The van der Waals surface area contributed by atoms with Gasteiger partial charge in [0.1, 0.15) is 0 Å². The fourth-order valence-corrected chi connectivity index (χ4v) is 1.59. The summed E-state index contributed by atoms with van der Waals surface area (Å²) in [5.74, 6) is 1.34. The van der Waals surface area contributed by atoms with Crippen LogP contribution in [0.5, 0.6) is 5.75 Å². The lowest BCUT2D eigenvalue weighted by molar-refractivity contribution is -0.139. The smallest absolute Gasteiger partial charge is 0.171 e. The maximum atomic E-state index is 8.90. The van der Waals surface area contributed by atoms with Crippen LogP contribution in [0, 0.1) is 0 Å². The van der Waals surface area contributed by atoms with Crippen molar-refractivity contribution in [3.05, 3.63) is 29.3 Å². The second-order valence-electron chi connectivity index (χ2n) is 4.17. The van der Waals surface area contributed by atoms with Crippen LogP contribution in [0.25, 0.3) is 0 Å². The lowest BCUT2D eigenvalue weighted by Gasteiger charge is -2.15. The zero-order valence-corrected chi connectivity index (χ0v) is 9.24. The highest BCUT2D eigenvalue weighted by Crippen LogP contribution is 2.33. The summed E-state index contributed by atoms with van der Waals surface area (Å²) in [6.07, 6.45) is 0. The van der Waals surface area contributed by atoms with Crippen molar-refractivity contribution in [3.63, 3.8) is 0 Å². The molecule has 1 rings (SSSR count). The largest absolute Gasteiger partial charge is 0.340 e. The van der Waals surface area contributed by atoms with E-state index in [1.165, 1.54) is 0 Å². The van der Waals surface area contributed by atoms with Crippen molar-refractivity contribution < 1.29 is 10.1 Å². The molecule has 2 nitrogen and oxygen atoms in total. The van der Waals surface area contributed by atoms with E-state index in [9.17, 15) is 0 Å². The molecule has 0 aliphatic heterocycles. The fraction of sp³-hybridized carbons (Fsp3) is 0.500. The van der Waals surface area contributed by atoms with Gasteiger partial charge in [0.2, 0.25) is 0 Å². The highest BCUT2D eigenvalue weighted by atomic mass is 17.1. The van der Waals surface area contributed by atoms with Crippen LogP contribution < -0.4 is 4.89 Å². The Balaban J connectivity index is 3.25. The van der Waals surface area contributed by atoms with E-state index >= 15 is 0 Å². The van der Waals surface area contributed by atoms with Gasteiger partial charge in [0.15, 0.2) is 5.75 Å². The van der Waals surface area contributed by atoms with E-state index in [0.29, 0.717) is 17.6 Å². The van der Waals surface area contributed by atoms with Crippen LogP contribution in [0.15, 0.2) is 18.2 Å². The zero-order chi connectivity index (χ0) is 10.7. The van der Waals surface area contributed by atoms with Crippen LogP contribution in [0.4, 0.5) is 0 Å². The first kappa shape index (κ1) is 11.1. The minimum Gasteiger partial charge on any atom is -0.340 e. The summed E-state index contributed by atoms with van der Waals surface area (Å²) in [7, 11) is 0. The lowest BCUT2D eigenvalue weighted by atomic mass is 9.94. The van der Waals surface area contributed by atoms with Gasteiger partial charge in [0.05, 0.1) is 0 Å². The molecule has 1 aromatic carbocycles. The fourth-order valence-electron chi connectivity index (χ4n) is 1.59. The Morgan fingerprint density at radius 3 is 1.71 bits per heavy atom. The topological polar surface area (TPSA) is 29.5 Å². The third-order valence-electron chi connectivity index (χ3n) is 2.41. The maximum absolute atomic E-state index is 8.90. The molecule has 1 aromatic rings. The molecule has 0 radical (unpaired) electrons. The molecule has 0 aliphatic rings. The molecule has 14 heavy (non-hydrogen) atoms. The maximum Gasteiger partial charge on any atom is 0.171 e. The van der Waals surface area contributed by atoms with E-state index in [-0.39, 0.29) is 0 Å². The molecule has 0 spiro atoms. The summed E-state index contributed by atoms with van der Waals surface area (Å²) in [6, 6.07) is 5.98. The number of rotatable bonds is 3. The average molecular weight is 194 g/mol. The number of benzene rings is 1. The number of para-hydroxylation sites is 1. The van der Waals surface area contributed by atoms with Gasteiger partial charge in [-0.25, -0.2) is 5.26 Å². The molecule has 0 fully saturated rings. The Hall–Kier alpha value is -1.02. The highest BCUT2D eigenvalue weighted by Gasteiger charge is 2.14. The molecule has 0 bridgehead atoms. The minimum atomic E-state index is 0.357. The summed E-state index contributed by atoms with van der Waals surface area (Å²) in [5.41, 5.74) is 2.11. The van der Waals surface area contributed by atoms with Crippen molar-refractivity contribution in [2.75, 3.05) is 0 Å². The molecule has 0 heterocycles. The molecule has 0 unspecified atom stereocenters. The molecular formula is C12H18O2. The standard InChI is InChI=1S/C12H18O2/c1-8(2)10-6-5-7-11(9(3)4)12(10)14-13/h5-9,13H,1-4H3. The Kier molecular flexibility index (Phi) is 3.53. The summed E-state index contributed by atoms with van der Waals surface area (Å²) in [5, 5.41) is 8.90. The average Bonchev–Trinajstić information content (AvgIpc) is 2.16. The van der Waals surface area contributed by atoms with E-state index in [1.807, 2.05) is 18.2 Å². The summed E-state index contributed by atoms with van der Waals surface area (Å²) in [4.78, 5) is 4.50. The lowest BCUT2D eigenvalue weighted by Crippen LogP contribution is -2.00. The second-order valence-corrected chi connectivity index (χ2v) is 4.17. The van der Waals surface area contributed by atoms with E-state index < -0.39 is 0 Å². The molecule has 0 saturated carbocycles. The van der Waals surface area contributed by atoms with Gasteiger partial charge in [-0.3, -0.25) is 0 Å². The van der Waals surface area contributed by atoms with Crippen molar-refractivity contribution >= 4 is 0 Å². The SMILES string of the molecule is CC(C)c1cccc(C(C)C)c1OO. The highest BCUT2D eigenvalue weighted by molar-refractivity contribution is 5.44. The van der Waals surface area contributed by atoms with Gasteiger partial charge in [-0.2, -0.15) is 0 Å². The monoisotopic (exact) mass is 194 g/mol. The van der Waals surface area contributed by atoms with Crippen LogP contribution in [-0.2, 0) is 0 Å². The first-order chi connectivity index (χ1) is 6.57. The predicted molar refractivity (Wildman–Crippen MR) is 57.9 cm³/mol. The van der Waals surface area contributed by atoms with E-state index in [2.05, 4.69) is 32.6 Å². The molecule has 0 atom stereocenters. The quantitative estimate of drug-likeness (QED) is 0.586. The van der Waals surface area contributed by atoms with Crippen LogP contribution >= 0.6 is 0 Å². The molecule has 78 valence electrons. The van der Waals surface area contributed by atoms with Gasteiger partial charge >= 0.3 is 0 Å². The Labute approximate surface area is 85.5 Å². The van der Waals surface area contributed by atoms with Gasteiger partial charge in [-0.1, -0.05) is 45.9 Å². The predicted octanol–water partition coefficient (Wildman–Crippen LogP) is 3.79. The van der Waals surface area contributed by atoms with Gasteiger partial charge in [-0.15, -0.1) is 0 Å². The van der Waals surface area contributed by atoms with Gasteiger partial charge in [0, 0.05) is 11.1 Å². The second kappa shape index (κ2) is 4.47. The van der Waals surface area contributed by atoms with Gasteiger partial charge in [0.25, 0.3) is 0 Å². The van der Waals surface area contributed by atoms with Gasteiger partial charge in [-0.05, 0) is 11.8 Å². The van der Waals surface area contributed by atoms with E-state index in [0.717, 1.165) is 11.1 Å². The number of hydrogen-bond donors (Lipinski definition) is 1. The molecule has 0 aliphatic carbocycles. The molecule has 0 aromatic heterocycles. The minimum absolute atomic E-state index is 0.357. The Morgan fingerprint density at radius 2 is 1.43 bits per heavy atom. The molecular weight excluding hydrogens is 176 g/mol. The summed E-state index contributed by atoms with van der Waals surface area (Å²) in [6.45, 7) is 8.34. The van der Waals surface area contributed by atoms with Crippen molar-refractivity contribution in [2.45, 2.75) is 39.5 Å². The third kappa shape index (κ3) is 2.07. The third-order valence-corrected chi connectivity index (χ3v) is 2.41. The zero-order valence-electron chi connectivity index (χ0n) is 9.24. The van der Waals surface area contributed by atoms with E-state index in [4.69, 9.17) is 5.26 Å². The molecule has 0 saturated heterocycles.